The van der Waals surface area contributed by atoms with Crippen LogP contribution in [-0.4, -0.2) is 19.8 Å². The largest absolute Gasteiger partial charge is 0.479 e. The average Bonchev–Trinajstić information content (AvgIpc) is 1.65. The average molecular weight is 244 g/mol. The minimum absolute atomic E-state index is 0.295. The molecule has 9 heavy (non-hydrogen) atoms. The second-order valence-electron chi connectivity index (χ2n) is 1.81. The lowest BCUT2D eigenvalue weighted by Crippen LogP contribution is -2.30. The zero-order valence-corrected chi connectivity index (χ0v) is 7.25. The summed E-state index contributed by atoms with van der Waals surface area (Å²) in [5.41, 5.74) is 0. The highest BCUT2D eigenvalue weighted by Crippen LogP contribution is 2.20. The van der Waals surface area contributed by atoms with E-state index in [0.717, 1.165) is 0 Å². The number of hydrogen-bond acceptors (Lipinski definition) is 2. The van der Waals surface area contributed by atoms with Crippen molar-refractivity contribution in [1.82, 2.24) is 0 Å². The maximum atomic E-state index is 10.2. The van der Waals surface area contributed by atoms with Crippen molar-refractivity contribution in [2.45, 2.75) is 23.4 Å². The normalized spacial score (nSPS) is 16.8. The molecule has 3 nitrogen and oxygen atoms in total. The highest BCUT2D eigenvalue weighted by molar-refractivity contribution is 14.1. The van der Waals surface area contributed by atoms with E-state index in [4.69, 9.17) is 10.2 Å². The molecular formula is C5H9IO3. The molecule has 0 aromatic heterocycles. The second kappa shape index (κ2) is 3.36. The first kappa shape index (κ1) is 9.16. The third-order valence-electron chi connectivity index (χ3n) is 0.909. The third kappa shape index (κ3) is 3.00. The first-order valence-corrected chi connectivity index (χ1v) is 3.73. The molecule has 0 saturated heterocycles. The zero-order valence-electron chi connectivity index (χ0n) is 5.09. The molecule has 0 aromatic rings. The van der Waals surface area contributed by atoms with E-state index in [2.05, 4.69) is 0 Å². The molecule has 0 saturated carbocycles. The quantitative estimate of drug-likeness (QED) is 0.575. The molecule has 0 heterocycles. The van der Waals surface area contributed by atoms with Crippen LogP contribution in [0.25, 0.3) is 0 Å². The van der Waals surface area contributed by atoms with E-state index in [1.54, 1.807) is 0 Å². The molecule has 54 valence electrons. The van der Waals surface area contributed by atoms with Gasteiger partial charge >= 0.3 is 5.97 Å². The van der Waals surface area contributed by atoms with Gasteiger partial charge in [-0.2, -0.15) is 0 Å². The van der Waals surface area contributed by atoms with E-state index in [-0.39, 0.29) is 0 Å². The van der Waals surface area contributed by atoms with E-state index < -0.39 is 9.58 Å². The Labute approximate surface area is 67.2 Å². The molecule has 0 aliphatic heterocycles. The summed E-state index contributed by atoms with van der Waals surface area (Å²) in [6, 6.07) is 0. The van der Waals surface area contributed by atoms with Crippen molar-refractivity contribution < 1.29 is 15.0 Å². The molecule has 2 N–H and O–H groups in total. The number of halogens is 1. The monoisotopic (exact) mass is 244 g/mol. The predicted octanol–water partition coefficient (Wildman–Crippen LogP) is 0.995. The topological polar surface area (TPSA) is 57.5 Å². The second-order valence-corrected chi connectivity index (χ2v) is 3.60. The van der Waals surface area contributed by atoms with Crippen LogP contribution >= 0.6 is 22.6 Å². The van der Waals surface area contributed by atoms with Crippen molar-refractivity contribution in [3.63, 3.8) is 0 Å². The van der Waals surface area contributed by atoms with Gasteiger partial charge in [-0.15, -0.1) is 0 Å². The molecule has 0 bridgehead atoms. The van der Waals surface area contributed by atoms with Crippen LogP contribution in [0.3, 0.4) is 0 Å². The van der Waals surface area contributed by atoms with E-state index in [0.29, 0.717) is 12.8 Å². The van der Waals surface area contributed by atoms with Gasteiger partial charge in [0.1, 0.15) is 0 Å². The summed E-state index contributed by atoms with van der Waals surface area (Å²) in [5.74, 6) is -1.16. The van der Waals surface area contributed by atoms with Gasteiger partial charge in [0.15, 0.2) is 0 Å². The third-order valence-corrected chi connectivity index (χ3v) is 1.91. The minimum Gasteiger partial charge on any atom is -0.479 e. The number of aliphatic carboxylic acids is 1. The molecule has 0 aliphatic rings. The summed E-state index contributed by atoms with van der Waals surface area (Å²) in [5, 5.41) is 17.3. The van der Waals surface area contributed by atoms with Crippen LogP contribution in [0.2, 0.25) is 0 Å². The van der Waals surface area contributed by atoms with Crippen molar-refractivity contribution in [1.29, 1.82) is 0 Å². The Hall–Kier alpha value is 0.160. The minimum atomic E-state index is -1.56. The number of hydrogen-bond donors (Lipinski definition) is 2. The van der Waals surface area contributed by atoms with Crippen LogP contribution in [0, 0.1) is 0 Å². The maximum Gasteiger partial charge on any atom is 0.346 e. The van der Waals surface area contributed by atoms with Crippen LogP contribution in [0.4, 0.5) is 0 Å². The van der Waals surface area contributed by atoms with Gasteiger partial charge in [0.25, 0.3) is 0 Å². The Bertz CT molecular complexity index is 111. The van der Waals surface area contributed by atoms with Crippen LogP contribution in [-0.2, 0) is 4.79 Å². The number of aliphatic hydroxyl groups is 1. The number of carboxylic acids is 1. The van der Waals surface area contributed by atoms with Crippen LogP contribution in [0.15, 0.2) is 0 Å². The Kier molecular flexibility index (Phi) is 3.42. The van der Waals surface area contributed by atoms with Crippen LogP contribution < -0.4 is 0 Å². The van der Waals surface area contributed by atoms with Gasteiger partial charge in [-0.25, -0.2) is 4.79 Å². The summed E-state index contributed by atoms with van der Waals surface area (Å²) in [6.45, 7) is 1.83. The summed E-state index contributed by atoms with van der Waals surface area (Å²) in [7, 11) is 0. The van der Waals surface area contributed by atoms with Gasteiger partial charge in [-0.05, 0) is 29.0 Å². The fourth-order valence-corrected chi connectivity index (χ4v) is 0.978. The van der Waals surface area contributed by atoms with Gasteiger partial charge in [0, 0.05) is 0 Å². The SMILES string of the molecule is CCCC(O)(I)C(=O)O. The first-order valence-electron chi connectivity index (χ1n) is 2.65. The molecule has 1 atom stereocenters. The molecule has 0 fully saturated rings. The van der Waals surface area contributed by atoms with Gasteiger partial charge in [-0.3, -0.25) is 0 Å². The smallest absolute Gasteiger partial charge is 0.346 e. The zero-order chi connectivity index (χ0) is 7.49. The van der Waals surface area contributed by atoms with E-state index >= 15 is 0 Å². The summed E-state index contributed by atoms with van der Waals surface area (Å²) >= 11 is 1.52. The number of alkyl halides is 1. The van der Waals surface area contributed by atoms with Crippen LogP contribution in [0.1, 0.15) is 19.8 Å². The van der Waals surface area contributed by atoms with Gasteiger partial charge < -0.3 is 10.2 Å². The molecule has 0 spiro atoms. The summed E-state index contributed by atoms with van der Waals surface area (Å²) < 4.78 is -1.56. The molecular weight excluding hydrogens is 235 g/mol. The standard InChI is InChI=1S/C5H9IO3/c1-2-3-5(6,9)4(7)8/h9H,2-3H2,1H3,(H,7,8). The summed E-state index contributed by atoms with van der Waals surface area (Å²) in [6.07, 6.45) is 0.967. The fraction of sp³-hybridized carbons (Fsp3) is 0.800. The number of carboxylic acid groups (broad SMARTS) is 1. The Morgan fingerprint density at radius 2 is 2.22 bits per heavy atom. The number of rotatable bonds is 3. The molecule has 0 amide bonds. The van der Waals surface area contributed by atoms with Crippen molar-refractivity contribution in [2.24, 2.45) is 0 Å². The molecule has 0 aromatic carbocycles. The molecule has 0 aliphatic carbocycles. The van der Waals surface area contributed by atoms with Crippen molar-refractivity contribution in [3.05, 3.63) is 0 Å². The van der Waals surface area contributed by atoms with Gasteiger partial charge in [0.05, 0.1) is 0 Å². The highest BCUT2D eigenvalue weighted by Gasteiger charge is 2.30. The number of carbonyl (C=O) groups is 1. The molecule has 1 unspecified atom stereocenters. The highest BCUT2D eigenvalue weighted by atomic mass is 127. The molecule has 0 radical (unpaired) electrons. The van der Waals surface area contributed by atoms with Gasteiger partial charge in [-0.1, -0.05) is 13.3 Å². The Morgan fingerprint density at radius 3 is 2.33 bits per heavy atom. The van der Waals surface area contributed by atoms with Gasteiger partial charge in [0.2, 0.25) is 3.61 Å². The lowest BCUT2D eigenvalue weighted by molar-refractivity contribution is -0.148. The maximum absolute atomic E-state index is 10.2. The van der Waals surface area contributed by atoms with E-state index in [1.807, 2.05) is 6.92 Å². The van der Waals surface area contributed by atoms with Crippen molar-refractivity contribution in [2.75, 3.05) is 0 Å². The molecule has 0 rings (SSSR count). The van der Waals surface area contributed by atoms with E-state index in [1.165, 1.54) is 22.6 Å². The predicted molar refractivity (Wildman–Crippen MR) is 41.5 cm³/mol. The summed E-state index contributed by atoms with van der Waals surface area (Å²) in [4.78, 5) is 10.2. The van der Waals surface area contributed by atoms with Crippen molar-refractivity contribution in [3.8, 4) is 0 Å². The lowest BCUT2D eigenvalue weighted by atomic mass is 10.2. The van der Waals surface area contributed by atoms with Crippen molar-refractivity contribution >= 4 is 28.6 Å². The van der Waals surface area contributed by atoms with Crippen LogP contribution in [0.5, 0.6) is 0 Å². The Morgan fingerprint density at radius 1 is 1.78 bits per heavy atom. The lowest BCUT2D eigenvalue weighted by Gasteiger charge is -2.13. The first-order chi connectivity index (χ1) is 4.00. The fourth-order valence-electron chi connectivity index (χ4n) is 0.438. The Balaban J connectivity index is 3.85. The van der Waals surface area contributed by atoms with E-state index in [9.17, 15) is 4.79 Å². The molecule has 4 heteroatoms.